The maximum absolute atomic E-state index is 11.8. The lowest BCUT2D eigenvalue weighted by Gasteiger charge is -2.17. The van der Waals surface area contributed by atoms with Crippen LogP contribution in [0.4, 0.5) is 13.2 Å². The summed E-state index contributed by atoms with van der Waals surface area (Å²) in [4.78, 5) is 23.9. The molecule has 0 fully saturated rings. The summed E-state index contributed by atoms with van der Waals surface area (Å²) in [5.41, 5.74) is 3.55. The van der Waals surface area contributed by atoms with Crippen molar-refractivity contribution in [3.05, 3.63) is 70.4 Å². The van der Waals surface area contributed by atoms with Crippen molar-refractivity contribution < 1.29 is 33.0 Å². The normalized spacial score (nSPS) is 13.0. The molecule has 0 saturated heterocycles. The Morgan fingerprint density at radius 1 is 1.18 bits per heavy atom. The number of nitrogens with one attached hydrogen (secondary N) is 3. The molecule has 34 heavy (non-hydrogen) atoms. The number of aliphatic hydroxyl groups excluding tert-OH is 1. The highest BCUT2D eigenvalue weighted by atomic mass is 35.5. The second kappa shape index (κ2) is 11.9. The van der Waals surface area contributed by atoms with Crippen molar-refractivity contribution in [1.82, 2.24) is 15.6 Å². The van der Waals surface area contributed by atoms with Gasteiger partial charge in [-0.3, -0.25) is 4.79 Å². The molecule has 0 aliphatic rings. The molecular weight excluding hydrogens is 475 g/mol. The molecular formula is C23H25ClF3N3O4. The van der Waals surface area contributed by atoms with Crippen LogP contribution in [0.1, 0.15) is 34.5 Å². The number of fused-ring (bicyclic) bond motifs is 1. The third kappa shape index (κ3) is 7.75. The molecule has 11 heteroatoms. The molecule has 0 aliphatic heterocycles. The van der Waals surface area contributed by atoms with Crippen LogP contribution in [0.2, 0.25) is 5.02 Å². The van der Waals surface area contributed by atoms with Crippen LogP contribution in [-0.4, -0.2) is 52.9 Å². The zero-order chi connectivity index (χ0) is 25.5. The molecule has 1 amide bonds. The summed E-state index contributed by atoms with van der Waals surface area (Å²) in [6.45, 7) is 2.53. The van der Waals surface area contributed by atoms with Crippen LogP contribution in [0.3, 0.4) is 0 Å². The number of aromatic amines is 1. The van der Waals surface area contributed by atoms with E-state index in [1.807, 2.05) is 36.5 Å². The van der Waals surface area contributed by atoms with Gasteiger partial charge in [-0.2, -0.15) is 13.2 Å². The van der Waals surface area contributed by atoms with E-state index in [-0.39, 0.29) is 11.9 Å². The van der Waals surface area contributed by atoms with Gasteiger partial charge >= 0.3 is 12.1 Å². The molecule has 3 aromatic rings. The summed E-state index contributed by atoms with van der Waals surface area (Å²) < 4.78 is 31.7. The maximum Gasteiger partial charge on any atom is 0.490 e. The van der Waals surface area contributed by atoms with Gasteiger partial charge in [-0.1, -0.05) is 29.8 Å². The molecule has 2 aromatic carbocycles. The Hall–Kier alpha value is -3.08. The number of aliphatic carboxylic acids is 1. The first-order valence-corrected chi connectivity index (χ1v) is 10.6. The highest BCUT2D eigenvalue weighted by Crippen LogP contribution is 2.22. The number of H-pyrrole nitrogens is 1. The monoisotopic (exact) mass is 499 g/mol. The highest BCUT2D eigenvalue weighted by molar-refractivity contribution is 6.30. The van der Waals surface area contributed by atoms with Crippen LogP contribution in [0.5, 0.6) is 0 Å². The first kappa shape index (κ1) is 27.2. The molecule has 7 nitrogen and oxygen atoms in total. The first-order valence-electron chi connectivity index (χ1n) is 10.2. The number of aromatic nitrogens is 1. The molecule has 184 valence electrons. The van der Waals surface area contributed by atoms with E-state index in [1.165, 1.54) is 5.56 Å². The number of amides is 1. The molecule has 0 aliphatic carbocycles. The molecule has 0 unspecified atom stereocenters. The lowest BCUT2D eigenvalue weighted by molar-refractivity contribution is -0.192. The topological polar surface area (TPSA) is 114 Å². The summed E-state index contributed by atoms with van der Waals surface area (Å²) >= 11 is 5.98. The van der Waals surface area contributed by atoms with E-state index in [0.29, 0.717) is 17.1 Å². The Balaban J connectivity index is 0.000000509. The van der Waals surface area contributed by atoms with Crippen molar-refractivity contribution in [2.75, 3.05) is 13.6 Å². The Labute approximate surface area is 198 Å². The van der Waals surface area contributed by atoms with Crippen molar-refractivity contribution >= 4 is 34.4 Å². The zero-order valence-corrected chi connectivity index (χ0v) is 19.2. The molecule has 1 aromatic heterocycles. The molecule has 0 spiro atoms. The summed E-state index contributed by atoms with van der Waals surface area (Å²) in [5.74, 6) is -2.86. The van der Waals surface area contributed by atoms with Crippen LogP contribution in [0.15, 0.2) is 48.7 Å². The average molecular weight is 500 g/mol. The van der Waals surface area contributed by atoms with E-state index in [4.69, 9.17) is 21.5 Å². The van der Waals surface area contributed by atoms with E-state index in [0.717, 1.165) is 22.9 Å². The molecule has 2 atom stereocenters. The van der Waals surface area contributed by atoms with Gasteiger partial charge in [0.25, 0.3) is 5.91 Å². The SMILES string of the molecule is CNC(=O)c1ccc2c(C[C@@H](C)NC[C@H](O)c3cccc(Cl)c3)c[nH]c2c1.O=C(O)C(F)(F)F. The van der Waals surface area contributed by atoms with Crippen LogP contribution in [-0.2, 0) is 11.2 Å². The molecule has 0 bridgehead atoms. The minimum absolute atomic E-state index is 0.0990. The number of carboxylic acids is 1. The van der Waals surface area contributed by atoms with Crippen LogP contribution >= 0.6 is 11.6 Å². The van der Waals surface area contributed by atoms with Gasteiger partial charge in [-0.15, -0.1) is 0 Å². The third-order valence-electron chi connectivity index (χ3n) is 4.92. The minimum atomic E-state index is -5.08. The van der Waals surface area contributed by atoms with E-state index < -0.39 is 18.2 Å². The van der Waals surface area contributed by atoms with Crippen molar-refractivity contribution in [2.24, 2.45) is 0 Å². The Morgan fingerprint density at radius 3 is 2.44 bits per heavy atom. The number of hydrogen-bond donors (Lipinski definition) is 5. The predicted octanol–water partition coefficient (Wildman–Crippen LogP) is 4.07. The Morgan fingerprint density at radius 2 is 1.85 bits per heavy atom. The van der Waals surface area contributed by atoms with Crippen molar-refractivity contribution in [2.45, 2.75) is 31.7 Å². The second-order valence-electron chi connectivity index (χ2n) is 7.54. The molecule has 5 N–H and O–H groups in total. The number of aliphatic hydroxyl groups is 1. The van der Waals surface area contributed by atoms with Gasteiger partial charge < -0.3 is 25.8 Å². The lowest BCUT2D eigenvalue weighted by atomic mass is 10.0. The van der Waals surface area contributed by atoms with Crippen LogP contribution in [0, 0.1) is 0 Å². The smallest absolute Gasteiger partial charge is 0.475 e. The van der Waals surface area contributed by atoms with Crippen molar-refractivity contribution in [3.8, 4) is 0 Å². The van der Waals surface area contributed by atoms with Gasteiger partial charge in [0.1, 0.15) is 0 Å². The van der Waals surface area contributed by atoms with E-state index in [2.05, 4.69) is 22.5 Å². The van der Waals surface area contributed by atoms with Gasteiger partial charge in [0.2, 0.25) is 0 Å². The van der Waals surface area contributed by atoms with Gasteiger partial charge in [0, 0.05) is 47.3 Å². The minimum Gasteiger partial charge on any atom is -0.475 e. The number of carboxylic acid groups (broad SMARTS) is 1. The number of halogens is 4. The summed E-state index contributed by atoms with van der Waals surface area (Å²) in [5, 5.41) is 25.2. The third-order valence-corrected chi connectivity index (χ3v) is 5.15. The van der Waals surface area contributed by atoms with E-state index >= 15 is 0 Å². The molecule has 3 rings (SSSR count). The van der Waals surface area contributed by atoms with Crippen LogP contribution < -0.4 is 10.6 Å². The van der Waals surface area contributed by atoms with Gasteiger partial charge in [-0.25, -0.2) is 4.79 Å². The summed E-state index contributed by atoms with van der Waals surface area (Å²) in [6.07, 6.45) is -2.91. The zero-order valence-electron chi connectivity index (χ0n) is 18.4. The predicted molar refractivity (Wildman–Crippen MR) is 123 cm³/mol. The molecule has 0 saturated carbocycles. The standard InChI is InChI=1S/C21H24ClN3O2.C2HF3O2/c1-13(24-12-20(26)14-4-3-5-17(22)9-14)8-16-11-25-19-10-15(21(27)23-2)6-7-18(16)19;3-2(4,5)1(6)7/h3-7,9-11,13,20,24-26H,8,12H2,1-2H3,(H,23,27);(H,6,7)/t13-,20+;/m1./s1. The summed E-state index contributed by atoms with van der Waals surface area (Å²) in [6, 6.07) is 13.1. The Bertz CT molecular complexity index is 1130. The summed E-state index contributed by atoms with van der Waals surface area (Å²) in [7, 11) is 1.62. The quantitative estimate of drug-likeness (QED) is 0.336. The van der Waals surface area contributed by atoms with Gasteiger partial charge in [0.05, 0.1) is 6.10 Å². The van der Waals surface area contributed by atoms with E-state index in [1.54, 1.807) is 19.2 Å². The average Bonchev–Trinajstić information content (AvgIpc) is 3.18. The fraction of sp³-hybridized carbons (Fsp3) is 0.304. The number of carbonyl (C=O) groups excluding carboxylic acids is 1. The fourth-order valence-corrected chi connectivity index (χ4v) is 3.39. The fourth-order valence-electron chi connectivity index (χ4n) is 3.19. The van der Waals surface area contributed by atoms with Crippen molar-refractivity contribution in [1.29, 1.82) is 0 Å². The maximum atomic E-state index is 11.8. The number of hydrogen-bond acceptors (Lipinski definition) is 4. The number of carbonyl (C=O) groups is 2. The number of rotatable bonds is 7. The van der Waals surface area contributed by atoms with Crippen molar-refractivity contribution in [3.63, 3.8) is 0 Å². The Kier molecular flexibility index (Phi) is 9.48. The largest absolute Gasteiger partial charge is 0.490 e. The first-order chi connectivity index (χ1) is 15.9. The number of benzene rings is 2. The van der Waals surface area contributed by atoms with Gasteiger partial charge in [-0.05, 0) is 48.7 Å². The molecule has 0 radical (unpaired) electrons. The number of alkyl halides is 3. The van der Waals surface area contributed by atoms with E-state index in [9.17, 15) is 23.1 Å². The second-order valence-corrected chi connectivity index (χ2v) is 7.98. The molecule has 1 heterocycles. The van der Waals surface area contributed by atoms with Gasteiger partial charge in [0.15, 0.2) is 0 Å². The highest BCUT2D eigenvalue weighted by Gasteiger charge is 2.38. The van der Waals surface area contributed by atoms with Crippen LogP contribution in [0.25, 0.3) is 10.9 Å². The lowest BCUT2D eigenvalue weighted by Crippen LogP contribution is -2.32.